The Labute approximate surface area is 116 Å². The van der Waals surface area contributed by atoms with Crippen LogP contribution in [0.15, 0.2) is 12.4 Å². The summed E-state index contributed by atoms with van der Waals surface area (Å²) in [6.45, 7) is 7.43. The number of hydrogen-bond acceptors (Lipinski definition) is 3. The molecule has 102 valence electrons. The van der Waals surface area contributed by atoms with Crippen LogP contribution < -0.4 is 4.90 Å². The molecule has 0 fully saturated rings. The van der Waals surface area contributed by atoms with Crippen LogP contribution in [0.2, 0.25) is 0 Å². The summed E-state index contributed by atoms with van der Waals surface area (Å²) in [5, 5.41) is 0. The van der Waals surface area contributed by atoms with Crippen LogP contribution in [0.25, 0.3) is 0 Å². The predicted octanol–water partition coefficient (Wildman–Crippen LogP) is 3.66. The number of anilines is 1. The Hall–Kier alpha value is -0.830. The molecule has 3 nitrogen and oxygen atoms in total. The van der Waals surface area contributed by atoms with Gasteiger partial charge in [-0.15, -0.1) is 11.6 Å². The molecule has 0 aliphatic rings. The topological polar surface area (TPSA) is 29.0 Å². The van der Waals surface area contributed by atoms with E-state index >= 15 is 0 Å². The summed E-state index contributed by atoms with van der Waals surface area (Å²) in [6.07, 6.45) is 6.01. The van der Waals surface area contributed by atoms with Crippen LogP contribution in [0.4, 0.5) is 5.82 Å². The quantitative estimate of drug-likeness (QED) is 0.675. The molecule has 1 aromatic heterocycles. The van der Waals surface area contributed by atoms with Crippen LogP contribution in [-0.2, 0) is 6.42 Å². The molecule has 0 saturated carbocycles. The second-order valence-corrected chi connectivity index (χ2v) is 4.85. The summed E-state index contributed by atoms with van der Waals surface area (Å²) in [5.74, 6) is 1.65. The highest BCUT2D eigenvalue weighted by Crippen LogP contribution is 2.19. The molecule has 1 rings (SSSR count). The molecule has 1 aromatic rings. The third-order valence-corrected chi connectivity index (χ3v) is 3.39. The lowest BCUT2D eigenvalue weighted by atomic mass is 10.1. The fourth-order valence-corrected chi connectivity index (χ4v) is 2.42. The van der Waals surface area contributed by atoms with E-state index < -0.39 is 0 Å². The molecule has 0 aromatic carbocycles. The third-order valence-electron chi connectivity index (χ3n) is 3.22. The zero-order valence-corrected chi connectivity index (χ0v) is 12.5. The van der Waals surface area contributed by atoms with E-state index in [1.807, 2.05) is 0 Å². The zero-order chi connectivity index (χ0) is 13.4. The largest absolute Gasteiger partial charge is 0.352 e. The lowest BCUT2D eigenvalue weighted by Gasteiger charge is -2.31. The first kappa shape index (κ1) is 15.2. The van der Waals surface area contributed by atoms with E-state index in [9.17, 15) is 0 Å². The molecular weight excluding hydrogens is 246 g/mol. The Kier molecular flexibility index (Phi) is 7.02. The van der Waals surface area contributed by atoms with Gasteiger partial charge in [-0.1, -0.05) is 27.2 Å². The van der Waals surface area contributed by atoms with Crippen LogP contribution in [0, 0.1) is 0 Å². The highest BCUT2D eigenvalue weighted by Gasteiger charge is 2.16. The van der Waals surface area contributed by atoms with Gasteiger partial charge in [-0.25, -0.2) is 9.97 Å². The van der Waals surface area contributed by atoms with E-state index in [1.165, 1.54) is 0 Å². The third kappa shape index (κ3) is 4.13. The lowest BCUT2D eigenvalue weighted by Crippen LogP contribution is -2.36. The number of alkyl halides is 1. The second-order valence-electron chi connectivity index (χ2n) is 4.47. The van der Waals surface area contributed by atoms with E-state index in [4.69, 9.17) is 11.6 Å². The second kappa shape index (κ2) is 8.30. The molecule has 0 aliphatic carbocycles. The van der Waals surface area contributed by atoms with Crippen molar-refractivity contribution in [2.75, 3.05) is 17.3 Å². The number of halogens is 1. The van der Waals surface area contributed by atoms with Crippen molar-refractivity contribution >= 4 is 17.4 Å². The first-order valence-corrected chi connectivity index (χ1v) is 7.43. The average molecular weight is 270 g/mol. The maximum Gasteiger partial charge on any atom is 0.132 e. The van der Waals surface area contributed by atoms with Gasteiger partial charge in [0.25, 0.3) is 0 Å². The standard InChI is InChI=1S/C14H24ClN3/c1-4-7-12-10-14(17-11-16-12)18(9-8-15)13(5-2)6-3/h10-11,13H,4-9H2,1-3H3. The first-order valence-electron chi connectivity index (χ1n) is 6.90. The van der Waals surface area contributed by atoms with E-state index in [0.717, 1.165) is 43.7 Å². The Morgan fingerprint density at radius 2 is 1.94 bits per heavy atom. The van der Waals surface area contributed by atoms with E-state index in [0.29, 0.717) is 11.9 Å². The van der Waals surface area contributed by atoms with Crippen molar-refractivity contribution in [2.45, 2.75) is 52.5 Å². The lowest BCUT2D eigenvalue weighted by molar-refractivity contribution is 0.561. The molecule has 4 heteroatoms. The monoisotopic (exact) mass is 269 g/mol. The van der Waals surface area contributed by atoms with E-state index in [-0.39, 0.29) is 0 Å². The minimum absolute atomic E-state index is 0.508. The Morgan fingerprint density at radius 3 is 2.50 bits per heavy atom. The van der Waals surface area contributed by atoms with Crippen LogP contribution in [-0.4, -0.2) is 28.4 Å². The minimum atomic E-state index is 0.508. The van der Waals surface area contributed by atoms with Gasteiger partial charge < -0.3 is 4.90 Å². The van der Waals surface area contributed by atoms with Crippen molar-refractivity contribution in [3.05, 3.63) is 18.1 Å². The van der Waals surface area contributed by atoms with Crippen LogP contribution in [0.5, 0.6) is 0 Å². The van der Waals surface area contributed by atoms with Crippen molar-refractivity contribution in [3.8, 4) is 0 Å². The molecule has 0 aliphatic heterocycles. The van der Waals surface area contributed by atoms with Crippen LogP contribution in [0.3, 0.4) is 0 Å². The maximum absolute atomic E-state index is 5.92. The molecular formula is C14H24ClN3. The number of rotatable bonds is 8. The van der Waals surface area contributed by atoms with E-state index in [2.05, 4.69) is 41.7 Å². The normalized spacial score (nSPS) is 10.9. The van der Waals surface area contributed by atoms with Gasteiger partial charge >= 0.3 is 0 Å². The SMILES string of the molecule is CCCc1cc(N(CCCl)C(CC)CC)ncn1. The van der Waals surface area contributed by atoms with Gasteiger partial charge in [0.2, 0.25) is 0 Å². The maximum atomic E-state index is 5.92. The molecule has 0 saturated heterocycles. The van der Waals surface area contributed by atoms with Crippen molar-refractivity contribution in [1.82, 2.24) is 9.97 Å². The molecule has 1 heterocycles. The summed E-state index contributed by atoms with van der Waals surface area (Å²) in [4.78, 5) is 11.0. The Balaban J connectivity index is 2.93. The van der Waals surface area contributed by atoms with Crippen molar-refractivity contribution < 1.29 is 0 Å². The minimum Gasteiger partial charge on any atom is -0.352 e. The van der Waals surface area contributed by atoms with Gasteiger partial charge in [0.05, 0.1) is 0 Å². The molecule has 0 spiro atoms. The van der Waals surface area contributed by atoms with Gasteiger partial charge in [0.15, 0.2) is 0 Å². The molecule has 0 bridgehead atoms. The molecule has 0 N–H and O–H groups in total. The fraction of sp³-hybridized carbons (Fsp3) is 0.714. The first-order chi connectivity index (χ1) is 8.76. The zero-order valence-electron chi connectivity index (χ0n) is 11.7. The summed E-state index contributed by atoms with van der Waals surface area (Å²) >= 11 is 5.92. The van der Waals surface area contributed by atoms with Crippen molar-refractivity contribution in [1.29, 1.82) is 0 Å². The summed E-state index contributed by atoms with van der Waals surface area (Å²) in [6, 6.07) is 2.61. The predicted molar refractivity (Wildman–Crippen MR) is 78.5 cm³/mol. The summed E-state index contributed by atoms with van der Waals surface area (Å²) in [5.41, 5.74) is 1.12. The molecule has 0 atom stereocenters. The van der Waals surface area contributed by atoms with Gasteiger partial charge in [-0.2, -0.15) is 0 Å². The summed E-state index contributed by atoms with van der Waals surface area (Å²) < 4.78 is 0. The van der Waals surface area contributed by atoms with Crippen LogP contribution >= 0.6 is 11.6 Å². The number of aryl methyl sites for hydroxylation is 1. The van der Waals surface area contributed by atoms with Gasteiger partial charge in [0, 0.05) is 30.2 Å². The number of hydrogen-bond donors (Lipinski definition) is 0. The molecule has 18 heavy (non-hydrogen) atoms. The van der Waals surface area contributed by atoms with Crippen LogP contribution in [0.1, 0.15) is 45.7 Å². The smallest absolute Gasteiger partial charge is 0.132 e. The molecule has 0 unspecified atom stereocenters. The summed E-state index contributed by atoms with van der Waals surface area (Å²) in [7, 11) is 0. The average Bonchev–Trinajstić information content (AvgIpc) is 2.40. The Bertz CT molecular complexity index is 340. The highest BCUT2D eigenvalue weighted by atomic mass is 35.5. The van der Waals surface area contributed by atoms with Gasteiger partial charge in [-0.05, 0) is 19.3 Å². The van der Waals surface area contributed by atoms with Gasteiger partial charge in [-0.3, -0.25) is 0 Å². The number of aromatic nitrogens is 2. The fourth-order valence-electron chi connectivity index (χ4n) is 2.24. The number of nitrogens with zero attached hydrogens (tertiary/aromatic N) is 3. The van der Waals surface area contributed by atoms with Gasteiger partial charge in [0.1, 0.15) is 12.1 Å². The Morgan fingerprint density at radius 1 is 1.22 bits per heavy atom. The molecule has 0 amide bonds. The highest BCUT2D eigenvalue weighted by molar-refractivity contribution is 6.18. The van der Waals surface area contributed by atoms with Crippen molar-refractivity contribution in [2.24, 2.45) is 0 Å². The molecule has 0 radical (unpaired) electrons. The van der Waals surface area contributed by atoms with Crippen molar-refractivity contribution in [3.63, 3.8) is 0 Å². The van der Waals surface area contributed by atoms with E-state index in [1.54, 1.807) is 6.33 Å².